The molecule has 0 spiro atoms. The van der Waals surface area contributed by atoms with Crippen LogP contribution < -0.4 is 5.73 Å². The Morgan fingerprint density at radius 2 is 2.40 bits per heavy atom. The molecule has 2 aliphatic rings. The van der Waals surface area contributed by atoms with Gasteiger partial charge in [-0.2, -0.15) is 0 Å². The molecule has 0 radical (unpaired) electrons. The average molecular weight is 205 g/mol. The summed E-state index contributed by atoms with van der Waals surface area (Å²) in [5, 5.41) is 0. The first-order valence-electron chi connectivity index (χ1n) is 5.54. The zero-order valence-electron chi connectivity index (χ0n) is 8.60. The van der Waals surface area contributed by atoms with Crippen LogP contribution in [-0.2, 0) is 11.3 Å². The Balaban J connectivity index is 1.86. The Labute approximate surface area is 88.9 Å². The highest BCUT2D eigenvalue weighted by atomic mass is 16.5. The Kier molecular flexibility index (Phi) is 2.18. The molecule has 3 unspecified atom stereocenters. The van der Waals surface area contributed by atoms with Crippen molar-refractivity contribution in [2.75, 3.05) is 0 Å². The van der Waals surface area contributed by atoms with Crippen LogP contribution in [0.25, 0.3) is 0 Å². The second kappa shape index (κ2) is 3.54. The number of rotatable bonds is 2. The van der Waals surface area contributed by atoms with Gasteiger partial charge in [0.25, 0.3) is 0 Å². The number of fused-ring (bicyclic) bond motifs is 2. The number of nitrogens with two attached hydrogens (primary N) is 1. The molecule has 3 atom stereocenters. The van der Waals surface area contributed by atoms with Gasteiger partial charge in [-0.1, -0.05) is 0 Å². The van der Waals surface area contributed by atoms with Crippen LogP contribution in [0.3, 0.4) is 0 Å². The van der Waals surface area contributed by atoms with E-state index in [1.165, 1.54) is 6.42 Å². The van der Waals surface area contributed by atoms with Gasteiger partial charge in [-0.25, -0.2) is 9.97 Å². The summed E-state index contributed by atoms with van der Waals surface area (Å²) in [5.74, 6) is 1.32. The molecule has 15 heavy (non-hydrogen) atoms. The van der Waals surface area contributed by atoms with E-state index in [1.807, 2.05) is 6.07 Å². The monoisotopic (exact) mass is 205 g/mol. The van der Waals surface area contributed by atoms with Gasteiger partial charge in [-0.05, 0) is 25.3 Å². The van der Waals surface area contributed by atoms with Gasteiger partial charge in [0.15, 0.2) is 0 Å². The fraction of sp³-hybridized carbons (Fsp3) is 0.636. The van der Waals surface area contributed by atoms with Crippen LogP contribution in [0.5, 0.6) is 0 Å². The lowest BCUT2D eigenvalue weighted by Crippen LogP contribution is -2.18. The van der Waals surface area contributed by atoms with Gasteiger partial charge < -0.3 is 10.5 Å². The smallest absolute Gasteiger partial charge is 0.134 e. The largest absolute Gasteiger partial charge is 0.374 e. The van der Waals surface area contributed by atoms with E-state index in [1.54, 1.807) is 6.20 Å². The van der Waals surface area contributed by atoms with Crippen LogP contribution in [0, 0.1) is 0 Å². The van der Waals surface area contributed by atoms with E-state index < -0.39 is 0 Å². The molecule has 0 saturated carbocycles. The number of nitrogens with zero attached hydrogens (tertiary/aromatic N) is 2. The van der Waals surface area contributed by atoms with Crippen LogP contribution in [0.15, 0.2) is 12.3 Å². The Morgan fingerprint density at radius 1 is 1.47 bits per heavy atom. The topological polar surface area (TPSA) is 61.0 Å². The second-order valence-corrected chi connectivity index (χ2v) is 4.33. The number of ether oxygens (including phenoxy) is 1. The average Bonchev–Trinajstić information content (AvgIpc) is 2.91. The predicted molar refractivity (Wildman–Crippen MR) is 55.2 cm³/mol. The van der Waals surface area contributed by atoms with Crippen LogP contribution >= 0.6 is 0 Å². The summed E-state index contributed by atoms with van der Waals surface area (Å²) >= 11 is 0. The van der Waals surface area contributed by atoms with E-state index in [0.717, 1.165) is 24.4 Å². The number of hydrogen-bond acceptors (Lipinski definition) is 4. The predicted octanol–water partition coefficient (Wildman–Crippen LogP) is 0.970. The van der Waals surface area contributed by atoms with Crippen molar-refractivity contribution in [1.82, 2.24) is 9.97 Å². The van der Waals surface area contributed by atoms with Gasteiger partial charge >= 0.3 is 0 Å². The Bertz CT molecular complexity index is 369. The molecule has 1 aromatic heterocycles. The lowest BCUT2D eigenvalue weighted by molar-refractivity contribution is 0.0998. The third-order valence-corrected chi connectivity index (χ3v) is 3.38. The van der Waals surface area contributed by atoms with Gasteiger partial charge in [0.1, 0.15) is 5.82 Å². The van der Waals surface area contributed by atoms with E-state index in [-0.39, 0.29) is 0 Å². The molecule has 3 rings (SSSR count). The first-order valence-corrected chi connectivity index (χ1v) is 5.54. The van der Waals surface area contributed by atoms with Gasteiger partial charge in [0, 0.05) is 18.7 Å². The van der Waals surface area contributed by atoms with E-state index in [4.69, 9.17) is 10.5 Å². The third-order valence-electron chi connectivity index (χ3n) is 3.38. The molecule has 4 heteroatoms. The van der Waals surface area contributed by atoms with E-state index >= 15 is 0 Å². The summed E-state index contributed by atoms with van der Waals surface area (Å²) in [6.07, 6.45) is 6.05. The third kappa shape index (κ3) is 1.54. The van der Waals surface area contributed by atoms with Gasteiger partial charge in [-0.15, -0.1) is 0 Å². The maximum Gasteiger partial charge on any atom is 0.134 e. The maximum atomic E-state index is 5.80. The van der Waals surface area contributed by atoms with E-state index in [0.29, 0.717) is 24.7 Å². The summed E-state index contributed by atoms with van der Waals surface area (Å²) in [4.78, 5) is 8.82. The van der Waals surface area contributed by atoms with Crippen LogP contribution in [-0.4, -0.2) is 22.2 Å². The van der Waals surface area contributed by atoms with Crippen molar-refractivity contribution in [1.29, 1.82) is 0 Å². The molecule has 1 aromatic rings. The fourth-order valence-electron chi connectivity index (χ4n) is 2.61. The first kappa shape index (κ1) is 9.24. The van der Waals surface area contributed by atoms with Crippen molar-refractivity contribution in [2.45, 2.75) is 43.9 Å². The van der Waals surface area contributed by atoms with Crippen LogP contribution in [0.4, 0.5) is 0 Å². The normalized spacial score (nSPS) is 33.5. The molecule has 2 N–H and O–H groups in total. The molecule has 0 aliphatic carbocycles. The summed E-state index contributed by atoms with van der Waals surface area (Å²) in [5.41, 5.74) is 6.49. The summed E-state index contributed by atoms with van der Waals surface area (Å²) in [6.45, 7) is 0.483. The molecule has 0 aromatic carbocycles. The van der Waals surface area contributed by atoms with Crippen LogP contribution in [0.2, 0.25) is 0 Å². The van der Waals surface area contributed by atoms with Crippen molar-refractivity contribution in [3.8, 4) is 0 Å². The van der Waals surface area contributed by atoms with Crippen molar-refractivity contribution < 1.29 is 4.74 Å². The molecule has 2 fully saturated rings. The lowest BCUT2D eigenvalue weighted by atomic mass is 9.88. The summed E-state index contributed by atoms with van der Waals surface area (Å²) in [7, 11) is 0. The minimum Gasteiger partial charge on any atom is -0.374 e. The lowest BCUT2D eigenvalue weighted by Gasteiger charge is -2.17. The minimum absolute atomic E-state index is 0.350. The number of hydrogen-bond donors (Lipinski definition) is 1. The van der Waals surface area contributed by atoms with Gasteiger partial charge in [0.2, 0.25) is 0 Å². The zero-order valence-corrected chi connectivity index (χ0v) is 8.60. The Hall–Kier alpha value is -1.00. The highest BCUT2D eigenvalue weighted by Gasteiger charge is 2.42. The molecule has 2 aliphatic heterocycles. The van der Waals surface area contributed by atoms with Crippen molar-refractivity contribution in [2.24, 2.45) is 5.73 Å². The molecule has 3 heterocycles. The standard InChI is InChI=1S/C11H15N3O/c12-6-7-3-4-13-11(14-7)9-5-8-1-2-10(9)15-8/h3-4,8-10H,1-2,5-6,12H2. The SMILES string of the molecule is NCc1ccnc(C2CC3CCC2O3)n1. The number of aromatic nitrogens is 2. The molecule has 80 valence electrons. The molecular formula is C11H15N3O. The summed E-state index contributed by atoms with van der Waals surface area (Å²) in [6, 6.07) is 1.87. The van der Waals surface area contributed by atoms with Crippen LogP contribution in [0.1, 0.15) is 36.7 Å². The van der Waals surface area contributed by atoms with Crippen molar-refractivity contribution >= 4 is 0 Å². The second-order valence-electron chi connectivity index (χ2n) is 4.33. The molecule has 2 saturated heterocycles. The highest BCUT2D eigenvalue weighted by molar-refractivity contribution is 5.11. The van der Waals surface area contributed by atoms with E-state index in [2.05, 4.69) is 9.97 Å². The van der Waals surface area contributed by atoms with Crippen molar-refractivity contribution in [3.05, 3.63) is 23.8 Å². The molecule has 4 nitrogen and oxygen atoms in total. The quantitative estimate of drug-likeness (QED) is 0.781. The molecule has 2 bridgehead atoms. The van der Waals surface area contributed by atoms with Gasteiger partial charge in [0.05, 0.1) is 17.9 Å². The Morgan fingerprint density at radius 3 is 3.07 bits per heavy atom. The highest BCUT2D eigenvalue weighted by Crippen LogP contribution is 2.43. The molecular weight excluding hydrogens is 190 g/mol. The maximum absolute atomic E-state index is 5.80. The van der Waals surface area contributed by atoms with Crippen molar-refractivity contribution in [3.63, 3.8) is 0 Å². The zero-order chi connectivity index (χ0) is 10.3. The first-order chi connectivity index (χ1) is 7.36. The molecule has 0 amide bonds. The van der Waals surface area contributed by atoms with E-state index in [9.17, 15) is 0 Å². The fourth-order valence-corrected chi connectivity index (χ4v) is 2.61. The minimum atomic E-state index is 0.350. The summed E-state index contributed by atoms with van der Waals surface area (Å²) < 4.78 is 5.80. The van der Waals surface area contributed by atoms with Gasteiger partial charge in [-0.3, -0.25) is 0 Å².